The molecule has 0 atom stereocenters. The lowest BCUT2D eigenvalue weighted by molar-refractivity contribution is -0.133. The summed E-state index contributed by atoms with van der Waals surface area (Å²) in [5.41, 5.74) is 0. The van der Waals surface area contributed by atoms with Crippen LogP contribution < -0.4 is 0 Å². The first kappa shape index (κ1) is 14.9. The third-order valence-corrected chi connectivity index (χ3v) is 4.10. The van der Waals surface area contributed by atoms with Gasteiger partial charge in [-0.2, -0.15) is 0 Å². The van der Waals surface area contributed by atoms with Gasteiger partial charge in [0.1, 0.15) is 0 Å². The van der Waals surface area contributed by atoms with Crippen LogP contribution in [0.15, 0.2) is 0 Å². The van der Waals surface area contributed by atoms with Gasteiger partial charge in [0, 0.05) is 39.3 Å². The fraction of sp³-hybridized carbons (Fsp3) is 0.733. The van der Waals surface area contributed by atoms with E-state index in [1.807, 2.05) is 4.90 Å². The predicted molar refractivity (Wildman–Crippen MR) is 76.9 cm³/mol. The van der Waals surface area contributed by atoms with E-state index in [1.165, 1.54) is 12.8 Å². The quantitative estimate of drug-likeness (QED) is 0.676. The number of hydrogen-bond acceptors (Lipinski definition) is 3. The van der Waals surface area contributed by atoms with Crippen LogP contribution in [-0.4, -0.2) is 72.3 Å². The molecule has 2 heterocycles. The zero-order valence-corrected chi connectivity index (χ0v) is 12.0. The molecule has 0 radical (unpaired) electrons. The van der Waals surface area contributed by atoms with Crippen molar-refractivity contribution in [1.29, 1.82) is 0 Å². The summed E-state index contributed by atoms with van der Waals surface area (Å²) < 4.78 is 0. The van der Waals surface area contributed by atoms with Crippen LogP contribution in [0.5, 0.6) is 0 Å². The highest BCUT2D eigenvalue weighted by molar-refractivity contribution is 5.92. The second-order valence-electron chi connectivity index (χ2n) is 5.51. The first-order chi connectivity index (χ1) is 9.70. The Hall–Kier alpha value is -1.54. The van der Waals surface area contributed by atoms with E-state index < -0.39 is 0 Å². The Kier molecular flexibility index (Phi) is 5.42. The Morgan fingerprint density at radius 3 is 2.00 bits per heavy atom. The molecular formula is C15H23N3O2. The first-order valence-corrected chi connectivity index (χ1v) is 7.46. The molecule has 110 valence electrons. The highest BCUT2D eigenvalue weighted by Crippen LogP contribution is 2.10. The predicted octanol–water partition coefficient (Wildman–Crippen LogP) is 0.166. The Morgan fingerprint density at radius 2 is 1.45 bits per heavy atom. The lowest BCUT2D eigenvalue weighted by atomic mass is 10.2. The summed E-state index contributed by atoms with van der Waals surface area (Å²) in [6.45, 7) is 4.97. The van der Waals surface area contributed by atoms with E-state index in [0.717, 1.165) is 39.0 Å². The third kappa shape index (κ3) is 3.97. The summed E-state index contributed by atoms with van der Waals surface area (Å²) in [4.78, 5) is 29.4. The Morgan fingerprint density at radius 1 is 0.850 bits per heavy atom. The van der Waals surface area contributed by atoms with Crippen LogP contribution in [0.2, 0.25) is 0 Å². The van der Waals surface area contributed by atoms with Crippen molar-refractivity contribution < 1.29 is 9.59 Å². The third-order valence-electron chi connectivity index (χ3n) is 4.10. The number of likely N-dealkylation sites (tertiary alicyclic amines) is 1. The maximum Gasteiger partial charge on any atom is 0.298 e. The Labute approximate surface area is 120 Å². The molecule has 2 fully saturated rings. The van der Waals surface area contributed by atoms with Gasteiger partial charge in [0.05, 0.1) is 6.54 Å². The van der Waals surface area contributed by atoms with Crippen LogP contribution in [0.3, 0.4) is 0 Å². The lowest BCUT2D eigenvalue weighted by Gasteiger charge is -2.34. The molecule has 0 spiro atoms. The molecule has 0 N–H and O–H groups in total. The molecule has 0 saturated carbocycles. The van der Waals surface area contributed by atoms with Gasteiger partial charge in [-0.05, 0) is 18.8 Å². The maximum atomic E-state index is 12.3. The van der Waals surface area contributed by atoms with Gasteiger partial charge in [-0.15, -0.1) is 6.42 Å². The zero-order valence-electron chi connectivity index (χ0n) is 12.0. The standard InChI is InChI=1S/C15H23N3O2/c1-2-14(19)18-11-9-16(10-12-18)13-15(20)17-7-5-3-4-6-8-17/h1H,3-13H2. The van der Waals surface area contributed by atoms with Gasteiger partial charge in [0.15, 0.2) is 0 Å². The molecule has 20 heavy (non-hydrogen) atoms. The van der Waals surface area contributed by atoms with Gasteiger partial charge in [-0.1, -0.05) is 12.8 Å². The van der Waals surface area contributed by atoms with Crippen molar-refractivity contribution in [2.75, 3.05) is 45.8 Å². The highest BCUT2D eigenvalue weighted by Gasteiger charge is 2.23. The number of carbonyl (C=O) groups is 2. The molecule has 2 amide bonds. The van der Waals surface area contributed by atoms with E-state index in [0.29, 0.717) is 19.6 Å². The second kappa shape index (κ2) is 7.30. The molecule has 0 aromatic carbocycles. The van der Waals surface area contributed by atoms with Crippen molar-refractivity contribution in [2.45, 2.75) is 25.7 Å². The van der Waals surface area contributed by atoms with E-state index in [1.54, 1.807) is 4.90 Å². The molecule has 0 aliphatic carbocycles. The monoisotopic (exact) mass is 277 g/mol. The molecule has 0 aromatic heterocycles. The van der Waals surface area contributed by atoms with Gasteiger partial charge in [-0.3, -0.25) is 14.5 Å². The van der Waals surface area contributed by atoms with Crippen LogP contribution in [0, 0.1) is 12.3 Å². The van der Waals surface area contributed by atoms with Crippen molar-refractivity contribution in [2.24, 2.45) is 0 Å². The molecule has 2 rings (SSSR count). The topological polar surface area (TPSA) is 43.9 Å². The van der Waals surface area contributed by atoms with E-state index in [9.17, 15) is 9.59 Å². The van der Waals surface area contributed by atoms with E-state index in [4.69, 9.17) is 6.42 Å². The van der Waals surface area contributed by atoms with Gasteiger partial charge < -0.3 is 9.80 Å². The molecule has 2 aliphatic heterocycles. The largest absolute Gasteiger partial charge is 0.342 e. The van der Waals surface area contributed by atoms with Crippen LogP contribution >= 0.6 is 0 Å². The molecule has 0 aromatic rings. The van der Waals surface area contributed by atoms with Crippen molar-refractivity contribution in [3.8, 4) is 12.3 Å². The average molecular weight is 277 g/mol. The van der Waals surface area contributed by atoms with E-state index in [2.05, 4.69) is 10.8 Å². The number of amides is 2. The Bertz CT molecular complexity index is 386. The minimum Gasteiger partial charge on any atom is -0.342 e. The van der Waals surface area contributed by atoms with E-state index >= 15 is 0 Å². The van der Waals surface area contributed by atoms with Gasteiger partial charge in [-0.25, -0.2) is 0 Å². The fourth-order valence-corrected chi connectivity index (χ4v) is 2.81. The molecule has 5 nitrogen and oxygen atoms in total. The van der Waals surface area contributed by atoms with Gasteiger partial charge in [0.25, 0.3) is 5.91 Å². The second-order valence-corrected chi connectivity index (χ2v) is 5.51. The number of carbonyl (C=O) groups excluding carboxylic acids is 2. The number of hydrogen-bond donors (Lipinski definition) is 0. The van der Waals surface area contributed by atoms with Crippen LogP contribution in [0.4, 0.5) is 0 Å². The molecule has 2 aliphatic rings. The molecule has 2 saturated heterocycles. The molecule has 0 unspecified atom stereocenters. The summed E-state index contributed by atoms with van der Waals surface area (Å²) in [6.07, 6.45) is 9.82. The summed E-state index contributed by atoms with van der Waals surface area (Å²) in [5.74, 6) is 2.12. The maximum absolute atomic E-state index is 12.3. The van der Waals surface area contributed by atoms with Crippen molar-refractivity contribution in [3.63, 3.8) is 0 Å². The van der Waals surface area contributed by atoms with Crippen LogP contribution in [0.1, 0.15) is 25.7 Å². The molecule has 5 heteroatoms. The SMILES string of the molecule is C#CC(=O)N1CCN(CC(=O)N2CCCCCC2)CC1. The molecule has 0 bridgehead atoms. The summed E-state index contributed by atoms with van der Waals surface area (Å²) >= 11 is 0. The van der Waals surface area contributed by atoms with Crippen molar-refractivity contribution in [1.82, 2.24) is 14.7 Å². The van der Waals surface area contributed by atoms with E-state index in [-0.39, 0.29) is 11.8 Å². The number of piperazine rings is 1. The highest BCUT2D eigenvalue weighted by atomic mass is 16.2. The first-order valence-electron chi connectivity index (χ1n) is 7.46. The minimum absolute atomic E-state index is 0.226. The number of terminal acetylenes is 1. The summed E-state index contributed by atoms with van der Waals surface area (Å²) in [5, 5.41) is 0. The normalized spacial score (nSPS) is 21.1. The summed E-state index contributed by atoms with van der Waals surface area (Å²) in [6, 6.07) is 0. The van der Waals surface area contributed by atoms with Crippen molar-refractivity contribution >= 4 is 11.8 Å². The fourth-order valence-electron chi connectivity index (χ4n) is 2.81. The summed E-state index contributed by atoms with van der Waals surface area (Å²) in [7, 11) is 0. The van der Waals surface area contributed by atoms with Crippen LogP contribution in [0.25, 0.3) is 0 Å². The average Bonchev–Trinajstić information content (AvgIpc) is 2.76. The smallest absolute Gasteiger partial charge is 0.298 e. The Balaban J connectivity index is 1.76. The number of nitrogens with zero attached hydrogens (tertiary/aromatic N) is 3. The van der Waals surface area contributed by atoms with Crippen LogP contribution in [-0.2, 0) is 9.59 Å². The lowest BCUT2D eigenvalue weighted by Crippen LogP contribution is -2.51. The molecular weight excluding hydrogens is 254 g/mol. The number of rotatable bonds is 2. The van der Waals surface area contributed by atoms with Gasteiger partial charge in [0.2, 0.25) is 5.91 Å². The van der Waals surface area contributed by atoms with Gasteiger partial charge >= 0.3 is 0 Å². The zero-order chi connectivity index (χ0) is 14.4. The minimum atomic E-state index is -0.247. The van der Waals surface area contributed by atoms with Crippen molar-refractivity contribution in [3.05, 3.63) is 0 Å².